The van der Waals surface area contributed by atoms with Crippen LogP contribution in [0.2, 0.25) is 0 Å². The summed E-state index contributed by atoms with van der Waals surface area (Å²) in [5.41, 5.74) is 0.476. The lowest BCUT2D eigenvalue weighted by Gasteiger charge is -2.17. The Bertz CT molecular complexity index is 368. The minimum Gasteiger partial charge on any atom is -0.391 e. The molecule has 0 fully saturated rings. The van der Waals surface area contributed by atoms with Crippen LogP contribution in [0.4, 0.5) is 18.3 Å². The number of aliphatic hydroxyl groups is 1. The molecule has 0 saturated carbocycles. The molecule has 1 aromatic rings. The maximum atomic E-state index is 12.2. The van der Waals surface area contributed by atoms with E-state index in [1.165, 1.54) is 14.2 Å². The standard InChI is InChI=1S/C9H13F3N2O2S/c1-14(5-9(10,11)12)8-13-6(4-16-2)7(3-15)17-8/h15H,3-5H2,1-2H3. The Kier molecular flexibility index (Phi) is 4.72. The van der Waals surface area contributed by atoms with Crippen molar-refractivity contribution in [2.24, 2.45) is 0 Å². The van der Waals surface area contributed by atoms with E-state index in [2.05, 4.69) is 4.98 Å². The lowest BCUT2D eigenvalue weighted by Crippen LogP contribution is -2.30. The van der Waals surface area contributed by atoms with E-state index < -0.39 is 12.7 Å². The zero-order valence-corrected chi connectivity index (χ0v) is 10.2. The van der Waals surface area contributed by atoms with E-state index in [9.17, 15) is 13.2 Å². The predicted octanol–water partition coefficient (Wildman–Crippen LogP) is 1.78. The van der Waals surface area contributed by atoms with Crippen molar-refractivity contribution in [2.45, 2.75) is 19.4 Å². The summed E-state index contributed by atoms with van der Waals surface area (Å²) in [5, 5.41) is 9.27. The Morgan fingerprint density at radius 1 is 1.47 bits per heavy atom. The number of ether oxygens (including phenoxy) is 1. The minimum absolute atomic E-state index is 0.173. The molecule has 0 atom stereocenters. The van der Waals surface area contributed by atoms with Gasteiger partial charge in [-0.3, -0.25) is 0 Å². The summed E-state index contributed by atoms with van der Waals surface area (Å²) in [4.78, 5) is 5.54. The normalized spacial score (nSPS) is 11.9. The lowest BCUT2D eigenvalue weighted by atomic mass is 10.4. The molecule has 8 heteroatoms. The molecule has 0 aliphatic carbocycles. The van der Waals surface area contributed by atoms with Gasteiger partial charge in [0.05, 0.1) is 23.8 Å². The minimum atomic E-state index is -4.28. The van der Waals surface area contributed by atoms with Crippen LogP contribution in [0.3, 0.4) is 0 Å². The molecule has 98 valence electrons. The van der Waals surface area contributed by atoms with Crippen LogP contribution in [0.5, 0.6) is 0 Å². The monoisotopic (exact) mass is 270 g/mol. The first-order valence-electron chi connectivity index (χ1n) is 4.73. The first-order valence-corrected chi connectivity index (χ1v) is 5.55. The summed E-state index contributed by atoms with van der Waals surface area (Å²) >= 11 is 1.03. The van der Waals surface area contributed by atoms with Crippen molar-refractivity contribution in [2.75, 3.05) is 25.6 Å². The number of nitrogens with zero attached hydrogens (tertiary/aromatic N) is 2. The first kappa shape index (κ1) is 14.2. The molecule has 0 aromatic carbocycles. The number of rotatable bonds is 5. The molecule has 1 rings (SSSR count). The van der Waals surface area contributed by atoms with E-state index in [0.717, 1.165) is 16.2 Å². The van der Waals surface area contributed by atoms with Gasteiger partial charge >= 0.3 is 6.18 Å². The van der Waals surface area contributed by atoms with Gasteiger partial charge in [-0.25, -0.2) is 4.98 Å². The van der Waals surface area contributed by atoms with Crippen LogP contribution in [0.25, 0.3) is 0 Å². The Morgan fingerprint density at radius 3 is 2.59 bits per heavy atom. The van der Waals surface area contributed by atoms with E-state index in [1.54, 1.807) is 0 Å². The maximum absolute atomic E-state index is 12.2. The quantitative estimate of drug-likeness (QED) is 0.886. The van der Waals surface area contributed by atoms with Gasteiger partial charge in [0.1, 0.15) is 6.54 Å². The highest BCUT2D eigenvalue weighted by molar-refractivity contribution is 7.15. The van der Waals surface area contributed by atoms with Crippen LogP contribution in [0.1, 0.15) is 10.6 Å². The number of hydrogen-bond acceptors (Lipinski definition) is 5. The molecule has 17 heavy (non-hydrogen) atoms. The number of aromatic nitrogens is 1. The molecule has 0 radical (unpaired) electrons. The van der Waals surface area contributed by atoms with Crippen molar-refractivity contribution < 1.29 is 23.0 Å². The third kappa shape index (κ3) is 4.14. The molecule has 4 nitrogen and oxygen atoms in total. The molecule has 0 aliphatic heterocycles. The predicted molar refractivity (Wildman–Crippen MR) is 58.1 cm³/mol. The number of thiazole rings is 1. The molecule has 0 bridgehead atoms. The topological polar surface area (TPSA) is 45.6 Å². The highest BCUT2D eigenvalue weighted by atomic mass is 32.1. The van der Waals surface area contributed by atoms with Gasteiger partial charge in [-0.15, -0.1) is 0 Å². The molecule has 0 amide bonds. The molecule has 0 unspecified atom stereocenters. The summed E-state index contributed by atoms with van der Waals surface area (Å²) < 4.78 is 41.4. The third-order valence-electron chi connectivity index (χ3n) is 1.93. The van der Waals surface area contributed by atoms with E-state index >= 15 is 0 Å². The van der Waals surface area contributed by atoms with Crippen molar-refractivity contribution in [3.8, 4) is 0 Å². The number of hydrogen-bond donors (Lipinski definition) is 1. The fraction of sp³-hybridized carbons (Fsp3) is 0.667. The molecular weight excluding hydrogens is 257 g/mol. The van der Waals surface area contributed by atoms with Crippen LogP contribution < -0.4 is 4.90 Å². The molecule has 1 aromatic heterocycles. The van der Waals surface area contributed by atoms with Crippen molar-refractivity contribution in [3.63, 3.8) is 0 Å². The Labute approximate surface area is 101 Å². The maximum Gasteiger partial charge on any atom is 0.405 e. The van der Waals surface area contributed by atoms with Crippen LogP contribution in [-0.2, 0) is 18.0 Å². The summed E-state index contributed by atoms with van der Waals surface area (Å²) in [5.74, 6) is 0. The third-order valence-corrected chi connectivity index (χ3v) is 3.13. The number of halogens is 3. The molecule has 1 N–H and O–H groups in total. The molecular formula is C9H13F3N2O2S. The smallest absolute Gasteiger partial charge is 0.391 e. The van der Waals surface area contributed by atoms with Gasteiger partial charge < -0.3 is 14.7 Å². The molecule has 0 saturated heterocycles. The Hall–Kier alpha value is -0.860. The summed E-state index contributed by atoms with van der Waals surface area (Å²) in [6.45, 7) is -1.15. The Morgan fingerprint density at radius 2 is 2.12 bits per heavy atom. The number of alkyl halides is 3. The van der Waals surface area contributed by atoms with E-state index in [-0.39, 0.29) is 18.3 Å². The fourth-order valence-electron chi connectivity index (χ4n) is 1.24. The van der Waals surface area contributed by atoms with Crippen molar-refractivity contribution >= 4 is 16.5 Å². The lowest BCUT2D eigenvalue weighted by molar-refractivity contribution is -0.119. The highest BCUT2D eigenvalue weighted by Gasteiger charge is 2.30. The molecule has 0 aliphatic rings. The van der Waals surface area contributed by atoms with Gasteiger partial charge in [0.2, 0.25) is 0 Å². The fourth-order valence-corrected chi connectivity index (χ4v) is 2.13. The van der Waals surface area contributed by atoms with Gasteiger partial charge in [0.25, 0.3) is 0 Å². The molecule has 0 spiro atoms. The van der Waals surface area contributed by atoms with E-state index in [1.807, 2.05) is 0 Å². The average Bonchev–Trinajstić information content (AvgIpc) is 2.59. The van der Waals surface area contributed by atoms with Gasteiger partial charge in [-0.1, -0.05) is 11.3 Å². The highest BCUT2D eigenvalue weighted by Crippen LogP contribution is 2.28. The van der Waals surface area contributed by atoms with Crippen LogP contribution in [0.15, 0.2) is 0 Å². The Balaban J connectivity index is 2.83. The number of anilines is 1. The van der Waals surface area contributed by atoms with Gasteiger partial charge in [0.15, 0.2) is 5.13 Å². The summed E-state index contributed by atoms with van der Waals surface area (Å²) in [6.07, 6.45) is -4.28. The second kappa shape index (κ2) is 5.65. The second-order valence-electron chi connectivity index (χ2n) is 3.43. The van der Waals surface area contributed by atoms with Crippen LogP contribution in [0, 0.1) is 0 Å². The van der Waals surface area contributed by atoms with Crippen molar-refractivity contribution in [1.29, 1.82) is 0 Å². The van der Waals surface area contributed by atoms with Crippen molar-refractivity contribution in [3.05, 3.63) is 10.6 Å². The van der Waals surface area contributed by atoms with Crippen LogP contribution in [-0.4, -0.2) is 37.0 Å². The van der Waals surface area contributed by atoms with E-state index in [4.69, 9.17) is 9.84 Å². The summed E-state index contributed by atoms with van der Waals surface area (Å²) in [6, 6.07) is 0. The first-order chi connectivity index (χ1) is 7.87. The van der Waals surface area contributed by atoms with Gasteiger partial charge in [-0.05, 0) is 0 Å². The largest absolute Gasteiger partial charge is 0.405 e. The number of aliphatic hydroxyl groups excluding tert-OH is 1. The summed E-state index contributed by atoms with van der Waals surface area (Å²) in [7, 11) is 2.77. The van der Waals surface area contributed by atoms with Gasteiger partial charge in [0, 0.05) is 14.2 Å². The van der Waals surface area contributed by atoms with E-state index in [0.29, 0.717) is 10.6 Å². The second-order valence-corrected chi connectivity index (χ2v) is 4.49. The SMILES string of the molecule is COCc1nc(N(C)CC(F)(F)F)sc1CO. The molecule has 1 heterocycles. The zero-order valence-electron chi connectivity index (χ0n) is 9.41. The van der Waals surface area contributed by atoms with Crippen molar-refractivity contribution in [1.82, 2.24) is 4.98 Å². The van der Waals surface area contributed by atoms with Crippen LogP contribution >= 0.6 is 11.3 Å². The van der Waals surface area contributed by atoms with Gasteiger partial charge in [-0.2, -0.15) is 13.2 Å². The average molecular weight is 270 g/mol. The number of methoxy groups -OCH3 is 1. The zero-order chi connectivity index (χ0) is 13.1.